The van der Waals surface area contributed by atoms with E-state index in [1.54, 1.807) is 0 Å². The highest BCUT2D eigenvalue weighted by molar-refractivity contribution is 5.95. The number of unbranched alkanes of at least 4 members (excludes halogenated alkanes) is 4. The van der Waals surface area contributed by atoms with Crippen LogP contribution in [-0.4, -0.2) is 32.5 Å². The van der Waals surface area contributed by atoms with Gasteiger partial charge >= 0.3 is 5.97 Å². The molecule has 0 saturated heterocycles. The Kier molecular flexibility index (Phi) is 11.9. The van der Waals surface area contributed by atoms with Gasteiger partial charge in [0.25, 0.3) is 5.91 Å². The number of amides is 1. The molecule has 9 heteroatoms. The summed E-state index contributed by atoms with van der Waals surface area (Å²) in [5.41, 5.74) is 1.54. The number of aryl methyl sites for hydroxylation is 2. The molecular formula is C33H44N6O3+2. The maximum Gasteiger partial charge on any atom is 0.306 e. The van der Waals surface area contributed by atoms with E-state index >= 15 is 0 Å². The highest BCUT2D eigenvalue weighted by Crippen LogP contribution is 2.14. The Labute approximate surface area is 248 Å². The van der Waals surface area contributed by atoms with Crippen LogP contribution in [-0.2, 0) is 29.2 Å². The average Bonchev–Trinajstić information content (AvgIpc) is 3.70. The van der Waals surface area contributed by atoms with Crippen LogP contribution in [0.2, 0.25) is 0 Å². The lowest BCUT2D eigenvalue weighted by Crippen LogP contribution is -2.31. The number of hydrogen-bond acceptors (Lipinski definition) is 4. The molecule has 0 bridgehead atoms. The fraction of sp³-hybridized carbons (Fsp3) is 0.424. The first-order chi connectivity index (χ1) is 20.6. The van der Waals surface area contributed by atoms with Crippen LogP contribution in [0.1, 0.15) is 81.1 Å². The number of benzene rings is 1. The minimum Gasteiger partial charge on any atom is -0.461 e. The molecule has 222 valence electrons. The van der Waals surface area contributed by atoms with E-state index in [0.717, 1.165) is 63.6 Å². The summed E-state index contributed by atoms with van der Waals surface area (Å²) in [5, 5.41) is 3.05. The number of imidazole rings is 2. The van der Waals surface area contributed by atoms with E-state index in [1.165, 1.54) is 0 Å². The molecule has 0 aliphatic heterocycles. The number of esters is 1. The van der Waals surface area contributed by atoms with E-state index in [1.807, 2.05) is 89.0 Å². The summed E-state index contributed by atoms with van der Waals surface area (Å²) in [6, 6.07) is 13.3. The number of nitrogens with zero attached hydrogens (tertiary/aromatic N) is 5. The van der Waals surface area contributed by atoms with Gasteiger partial charge in [-0.15, -0.1) is 0 Å². The lowest BCUT2D eigenvalue weighted by atomic mass is 10.2. The molecule has 0 spiro atoms. The number of pyridine rings is 1. The Hall–Kier alpha value is -4.27. The van der Waals surface area contributed by atoms with Gasteiger partial charge in [-0.1, -0.05) is 63.4 Å². The lowest BCUT2D eigenvalue weighted by Gasteiger charge is -2.08. The molecule has 1 aromatic carbocycles. The van der Waals surface area contributed by atoms with Crippen molar-refractivity contribution in [2.24, 2.45) is 0 Å². The Morgan fingerprint density at radius 2 is 1.45 bits per heavy atom. The molecule has 9 nitrogen and oxygen atoms in total. The SMILES string of the molecule is CCCC[n+]1ccn(-c2cc(C(=O)NCCCCCC(=O)OCc3ccccc3)cc(-n3cc[n+](CCCC)c3)n2)c1. The monoisotopic (exact) mass is 572 g/mol. The maximum absolute atomic E-state index is 13.2. The van der Waals surface area contributed by atoms with Crippen molar-refractivity contribution in [2.45, 2.75) is 84.9 Å². The smallest absolute Gasteiger partial charge is 0.306 e. The number of carbonyl (C=O) groups is 2. The fourth-order valence-corrected chi connectivity index (χ4v) is 4.59. The van der Waals surface area contributed by atoms with Crippen molar-refractivity contribution >= 4 is 11.9 Å². The summed E-state index contributed by atoms with van der Waals surface area (Å²) in [4.78, 5) is 30.2. The maximum atomic E-state index is 13.2. The second kappa shape index (κ2) is 16.2. The Morgan fingerprint density at radius 1 is 0.833 bits per heavy atom. The third-order valence-corrected chi connectivity index (χ3v) is 7.10. The van der Waals surface area contributed by atoms with Crippen LogP contribution in [0.15, 0.2) is 79.9 Å². The number of aromatic nitrogens is 5. The van der Waals surface area contributed by atoms with Crippen molar-refractivity contribution in [3.05, 3.63) is 91.0 Å². The molecule has 0 radical (unpaired) electrons. The van der Waals surface area contributed by atoms with Crippen LogP contribution in [0.3, 0.4) is 0 Å². The van der Waals surface area contributed by atoms with Crippen molar-refractivity contribution in [3.8, 4) is 11.6 Å². The minimum absolute atomic E-state index is 0.140. The van der Waals surface area contributed by atoms with Crippen molar-refractivity contribution < 1.29 is 23.5 Å². The summed E-state index contributed by atoms with van der Waals surface area (Å²) in [6.07, 6.45) is 19.2. The molecule has 1 amide bonds. The van der Waals surface area contributed by atoms with Gasteiger partial charge in [0, 0.05) is 25.1 Å². The zero-order chi connectivity index (χ0) is 29.6. The predicted molar refractivity (Wildman–Crippen MR) is 160 cm³/mol. The van der Waals surface area contributed by atoms with E-state index in [2.05, 4.69) is 28.3 Å². The number of ether oxygens (including phenoxy) is 1. The predicted octanol–water partition coefficient (Wildman–Crippen LogP) is 4.87. The minimum atomic E-state index is -0.193. The van der Waals surface area contributed by atoms with Gasteiger partial charge in [0.2, 0.25) is 24.3 Å². The van der Waals surface area contributed by atoms with E-state index in [0.29, 0.717) is 36.8 Å². The Morgan fingerprint density at radius 3 is 2.05 bits per heavy atom. The van der Waals surface area contributed by atoms with Crippen LogP contribution in [0.25, 0.3) is 11.6 Å². The van der Waals surface area contributed by atoms with Crippen molar-refractivity contribution in [2.75, 3.05) is 6.54 Å². The number of carbonyl (C=O) groups excluding carboxylic acids is 2. The fourth-order valence-electron chi connectivity index (χ4n) is 4.59. The molecule has 3 aromatic heterocycles. The molecule has 0 atom stereocenters. The number of nitrogens with one attached hydrogen (secondary N) is 1. The third-order valence-electron chi connectivity index (χ3n) is 7.10. The Bertz CT molecular complexity index is 1350. The molecule has 0 aliphatic carbocycles. The van der Waals surface area contributed by atoms with E-state index in [-0.39, 0.29) is 11.9 Å². The quantitative estimate of drug-likeness (QED) is 0.111. The third kappa shape index (κ3) is 9.39. The van der Waals surface area contributed by atoms with Crippen molar-refractivity contribution in [1.29, 1.82) is 0 Å². The standard InChI is InChI=1S/C33H43N6O3/c1-3-5-17-36-19-21-38(26-36)30-23-29(24-31(35-30)39-22-20-37(27-39)18-6-4-2)33(41)34-16-12-8-11-15-32(40)42-25-28-13-9-7-10-14-28/h7,9-10,13-14,19-24,26-27H,3-6,8,11-12,15-18,25H2,1-2H3/q+1/p+1. The molecule has 4 rings (SSSR count). The zero-order valence-corrected chi connectivity index (χ0v) is 25.0. The number of hydrogen-bond donors (Lipinski definition) is 1. The molecule has 4 aromatic rings. The van der Waals surface area contributed by atoms with E-state index in [4.69, 9.17) is 9.72 Å². The summed E-state index contributed by atoms with van der Waals surface area (Å²) >= 11 is 0. The average molecular weight is 573 g/mol. The molecule has 0 aliphatic rings. The van der Waals surface area contributed by atoms with Gasteiger partial charge in [-0.3, -0.25) is 9.59 Å². The van der Waals surface area contributed by atoms with Crippen molar-refractivity contribution in [3.63, 3.8) is 0 Å². The topological polar surface area (TPSA) is 85.9 Å². The highest BCUT2D eigenvalue weighted by Gasteiger charge is 2.18. The van der Waals surface area contributed by atoms with Gasteiger partial charge in [-0.05, 0) is 31.2 Å². The second-order valence-electron chi connectivity index (χ2n) is 10.6. The van der Waals surface area contributed by atoms with Crippen LogP contribution >= 0.6 is 0 Å². The molecule has 0 unspecified atom stereocenters. The molecule has 1 N–H and O–H groups in total. The second-order valence-corrected chi connectivity index (χ2v) is 10.6. The van der Waals surface area contributed by atoms with Crippen LogP contribution in [0.4, 0.5) is 0 Å². The first-order valence-electron chi connectivity index (χ1n) is 15.2. The summed E-state index contributed by atoms with van der Waals surface area (Å²) in [5.74, 6) is 1.05. The van der Waals surface area contributed by atoms with Gasteiger partial charge in [-0.25, -0.2) is 9.13 Å². The normalized spacial score (nSPS) is 11.0. The summed E-state index contributed by atoms with van der Waals surface area (Å²) in [6.45, 7) is 7.07. The van der Waals surface area contributed by atoms with Gasteiger partial charge in [-0.2, -0.15) is 14.1 Å². The van der Waals surface area contributed by atoms with E-state index in [9.17, 15) is 9.59 Å². The van der Waals surface area contributed by atoms with Crippen LogP contribution in [0, 0.1) is 0 Å². The molecule has 0 fully saturated rings. The largest absolute Gasteiger partial charge is 0.461 e. The van der Waals surface area contributed by atoms with E-state index < -0.39 is 0 Å². The first-order valence-corrected chi connectivity index (χ1v) is 15.2. The molecule has 0 saturated carbocycles. The number of rotatable bonds is 17. The Balaban J connectivity index is 1.34. The first kappa shape index (κ1) is 30.7. The van der Waals surface area contributed by atoms with Crippen LogP contribution in [0.5, 0.6) is 0 Å². The summed E-state index contributed by atoms with van der Waals surface area (Å²) < 4.78 is 13.5. The van der Waals surface area contributed by atoms with Gasteiger partial charge in [0.1, 0.15) is 31.4 Å². The summed E-state index contributed by atoms with van der Waals surface area (Å²) in [7, 11) is 0. The molecule has 42 heavy (non-hydrogen) atoms. The molecular weight excluding hydrogens is 528 g/mol. The van der Waals surface area contributed by atoms with Crippen molar-refractivity contribution in [1.82, 2.24) is 19.4 Å². The van der Waals surface area contributed by atoms with Crippen LogP contribution < -0.4 is 14.5 Å². The zero-order valence-electron chi connectivity index (χ0n) is 25.0. The lowest BCUT2D eigenvalue weighted by molar-refractivity contribution is -0.696. The van der Waals surface area contributed by atoms with Gasteiger partial charge in [0.05, 0.1) is 18.7 Å². The van der Waals surface area contributed by atoms with Gasteiger partial charge in [0.15, 0.2) is 0 Å². The molecule has 3 heterocycles. The van der Waals surface area contributed by atoms with Gasteiger partial charge < -0.3 is 10.1 Å². The highest BCUT2D eigenvalue weighted by atomic mass is 16.5.